The van der Waals surface area contributed by atoms with Crippen molar-refractivity contribution in [3.8, 4) is 0 Å². The van der Waals surface area contributed by atoms with Crippen LogP contribution in [-0.2, 0) is 0 Å². The zero-order valence-corrected chi connectivity index (χ0v) is 9.95. The van der Waals surface area contributed by atoms with Crippen LogP contribution in [0, 0.1) is 0 Å². The Hall–Kier alpha value is -1.05. The van der Waals surface area contributed by atoms with E-state index in [-0.39, 0.29) is 0 Å². The summed E-state index contributed by atoms with van der Waals surface area (Å²) in [5, 5.41) is 0. The SMILES string of the molecule is FC(CC(F)(F)C(F)(F)C(F)(F)F)C(F)(F)C(F)(F)C(F)(F)F. The molecule has 0 aliphatic heterocycles. The van der Waals surface area contributed by atoms with Gasteiger partial charge in [-0.15, -0.1) is 0 Å². The van der Waals surface area contributed by atoms with Crippen LogP contribution >= 0.6 is 0 Å². The maximum absolute atomic E-state index is 12.7. The van der Waals surface area contributed by atoms with Crippen LogP contribution in [0.3, 0.4) is 0 Å². The lowest BCUT2D eigenvalue weighted by atomic mass is 9.97. The Balaban J connectivity index is 5.62. The number of hydrogen-bond acceptors (Lipinski definition) is 0. The number of hydrogen-bond donors (Lipinski definition) is 0. The van der Waals surface area contributed by atoms with Crippen LogP contribution < -0.4 is 0 Å². The molecule has 0 N–H and O–H groups in total. The Morgan fingerprint density at radius 1 is 0.522 bits per heavy atom. The van der Waals surface area contributed by atoms with Crippen molar-refractivity contribution in [2.75, 3.05) is 0 Å². The molecule has 0 nitrogen and oxygen atoms in total. The molecule has 0 radical (unpaired) electrons. The molecule has 0 saturated heterocycles. The molecule has 0 fully saturated rings. The quantitative estimate of drug-likeness (QED) is 0.559. The maximum Gasteiger partial charge on any atom is 0.459 e. The van der Waals surface area contributed by atoms with E-state index >= 15 is 0 Å². The van der Waals surface area contributed by atoms with Gasteiger partial charge in [0.1, 0.15) is 0 Å². The van der Waals surface area contributed by atoms with Crippen molar-refractivity contribution in [1.29, 1.82) is 0 Å². The zero-order chi connectivity index (χ0) is 19.3. The van der Waals surface area contributed by atoms with E-state index in [1.165, 1.54) is 0 Å². The second kappa shape index (κ2) is 5.50. The highest BCUT2D eigenvalue weighted by Gasteiger charge is 2.79. The predicted octanol–water partition coefficient (Wildman–Crippen LogP) is 5.38. The first-order valence-corrected chi connectivity index (χ1v) is 4.91. The smallest absolute Gasteiger partial charge is 0.240 e. The fourth-order valence-electron chi connectivity index (χ4n) is 1.07. The van der Waals surface area contributed by atoms with Gasteiger partial charge >= 0.3 is 36.0 Å². The number of alkyl halides is 15. The van der Waals surface area contributed by atoms with Crippen LogP contribution in [0.4, 0.5) is 65.9 Å². The minimum absolute atomic E-state index is 3.93. The summed E-state index contributed by atoms with van der Waals surface area (Å²) < 4.78 is 182. The standard InChI is InChI=1S/C8H3F15/c9-2(4(12,13)6(16,17)8(21,22)23)1-3(10,11)5(14,15)7(18,19)20/h2H,1H2. The molecule has 23 heavy (non-hydrogen) atoms. The molecular formula is C8H3F15. The first-order chi connectivity index (χ1) is 9.63. The largest absolute Gasteiger partial charge is 0.459 e. The van der Waals surface area contributed by atoms with Crippen molar-refractivity contribution in [3.05, 3.63) is 0 Å². The molecule has 140 valence electrons. The van der Waals surface area contributed by atoms with Gasteiger partial charge in [-0.3, -0.25) is 0 Å². The second-order valence-corrected chi connectivity index (χ2v) is 4.14. The Labute approximate surface area is 116 Å². The van der Waals surface area contributed by atoms with Crippen LogP contribution in [0.2, 0.25) is 0 Å². The lowest BCUT2D eigenvalue weighted by molar-refractivity contribution is -0.381. The Morgan fingerprint density at radius 2 is 0.826 bits per heavy atom. The Bertz CT molecular complexity index is 412. The molecule has 0 bridgehead atoms. The van der Waals surface area contributed by atoms with Gasteiger partial charge in [0.15, 0.2) is 6.17 Å². The van der Waals surface area contributed by atoms with Gasteiger partial charge in [0.2, 0.25) is 0 Å². The number of halogens is 15. The fourth-order valence-corrected chi connectivity index (χ4v) is 1.07. The van der Waals surface area contributed by atoms with Crippen molar-refractivity contribution in [2.24, 2.45) is 0 Å². The van der Waals surface area contributed by atoms with Crippen LogP contribution in [0.25, 0.3) is 0 Å². The van der Waals surface area contributed by atoms with Crippen LogP contribution in [-0.4, -0.2) is 42.2 Å². The first kappa shape index (κ1) is 21.9. The van der Waals surface area contributed by atoms with Gasteiger partial charge in [0, 0.05) is 0 Å². The average Bonchev–Trinajstić information content (AvgIpc) is 2.24. The van der Waals surface area contributed by atoms with E-state index in [2.05, 4.69) is 0 Å². The highest BCUT2D eigenvalue weighted by atomic mass is 19.4. The first-order valence-electron chi connectivity index (χ1n) is 4.91. The molecular weight excluding hydrogens is 381 g/mol. The normalized spacial score (nSPS) is 17.3. The summed E-state index contributed by atoms with van der Waals surface area (Å²) in [7, 11) is 0. The Morgan fingerprint density at radius 3 is 1.09 bits per heavy atom. The van der Waals surface area contributed by atoms with E-state index in [9.17, 15) is 65.9 Å². The average molecular weight is 384 g/mol. The van der Waals surface area contributed by atoms with Gasteiger partial charge in [-0.1, -0.05) is 0 Å². The third kappa shape index (κ3) is 3.56. The lowest BCUT2D eigenvalue weighted by Crippen LogP contribution is -2.60. The lowest BCUT2D eigenvalue weighted by Gasteiger charge is -2.34. The fraction of sp³-hybridized carbons (Fsp3) is 1.00. The minimum Gasteiger partial charge on any atom is -0.240 e. The van der Waals surface area contributed by atoms with Crippen LogP contribution in [0.5, 0.6) is 0 Å². The van der Waals surface area contributed by atoms with E-state index < -0.39 is 48.6 Å². The second-order valence-electron chi connectivity index (χ2n) is 4.14. The van der Waals surface area contributed by atoms with E-state index in [0.29, 0.717) is 0 Å². The summed E-state index contributed by atoms with van der Waals surface area (Å²) in [5.74, 6) is -28.2. The highest BCUT2D eigenvalue weighted by Crippen LogP contribution is 2.53. The highest BCUT2D eigenvalue weighted by molar-refractivity contribution is 5.01. The van der Waals surface area contributed by atoms with Gasteiger partial charge in [-0.05, 0) is 0 Å². The van der Waals surface area contributed by atoms with Crippen molar-refractivity contribution in [3.63, 3.8) is 0 Å². The van der Waals surface area contributed by atoms with Gasteiger partial charge in [-0.2, -0.15) is 61.5 Å². The summed E-state index contributed by atoms with van der Waals surface area (Å²) in [4.78, 5) is 0. The molecule has 0 amide bonds. The topological polar surface area (TPSA) is 0 Å². The van der Waals surface area contributed by atoms with E-state index in [0.717, 1.165) is 0 Å². The van der Waals surface area contributed by atoms with Crippen LogP contribution in [0.1, 0.15) is 6.42 Å². The molecule has 0 aromatic carbocycles. The third-order valence-electron chi connectivity index (χ3n) is 2.42. The maximum atomic E-state index is 12.7. The molecule has 0 spiro atoms. The molecule has 15 heteroatoms. The predicted molar refractivity (Wildman–Crippen MR) is 41.4 cm³/mol. The van der Waals surface area contributed by atoms with Crippen molar-refractivity contribution in [1.82, 2.24) is 0 Å². The molecule has 0 rings (SSSR count). The van der Waals surface area contributed by atoms with E-state index in [1.54, 1.807) is 0 Å². The molecule has 0 heterocycles. The molecule has 0 aliphatic carbocycles. The zero-order valence-electron chi connectivity index (χ0n) is 9.95. The summed E-state index contributed by atoms with van der Waals surface area (Å²) >= 11 is 0. The molecule has 0 aliphatic rings. The van der Waals surface area contributed by atoms with Crippen LogP contribution in [0.15, 0.2) is 0 Å². The van der Waals surface area contributed by atoms with Crippen molar-refractivity contribution < 1.29 is 65.9 Å². The number of rotatable bonds is 5. The van der Waals surface area contributed by atoms with Gasteiger partial charge in [-0.25, -0.2) is 4.39 Å². The molecule has 0 aromatic heterocycles. The Kier molecular flexibility index (Phi) is 5.25. The summed E-state index contributed by atoms with van der Waals surface area (Å²) in [6, 6.07) is 0. The minimum atomic E-state index is -7.29. The van der Waals surface area contributed by atoms with Gasteiger partial charge in [0.25, 0.3) is 0 Å². The third-order valence-corrected chi connectivity index (χ3v) is 2.42. The van der Waals surface area contributed by atoms with E-state index in [4.69, 9.17) is 0 Å². The summed E-state index contributed by atoms with van der Waals surface area (Å²) in [5.41, 5.74) is 0. The van der Waals surface area contributed by atoms with Gasteiger partial charge < -0.3 is 0 Å². The summed E-state index contributed by atoms with van der Waals surface area (Å²) in [6.07, 6.45) is -23.6. The molecule has 0 saturated carbocycles. The molecule has 1 unspecified atom stereocenters. The van der Waals surface area contributed by atoms with E-state index in [1.807, 2.05) is 0 Å². The van der Waals surface area contributed by atoms with Gasteiger partial charge in [0.05, 0.1) is 6.42 Å². The monoisotopic (exact) mass is 384 g/mol. The van der Waals surface area contributed by atoms with Crippen molar-refractivity contribution in [2.45, 2.75) is 48.6 Å². The summed E-state index contributed by atoms with van der Waals surface area (Å²) in [6.45, 7) is 0. The van der Waals surface area contributed by atoms with Crippen molar-refractivity contribution >= 4 is 0 Å². The molecule has 0 aromatic rings. The molecule has 1 atom stereocenters.